The second kappa shape index (κ2) is 6.51. The molecule has 2 N–H and O–H groups in total. The lowest BCUT2D eigenvalue weighted by Crippen LogP contribution is -2.20. The molecule has 1 unspecified atom stereocenters. The summed E-state index contributed by atoms with van der Waals surface area (Å²) >= 11 is 9.51. The standard InChI is InChI=1S/C12H17BrClN/c1-2-3-11(15)7-5-9-4-6-10(13)8-12(9)14/h4,6,8,11H,2-3,5,7,15H2,1H3. The van der Waals surface area contributed by atoms with Gasteiger partial charge < -0.3 is 5.73 Å². The van der Waals surface area contributed by atoms with E-state index in [0.717, 1.165) is 35.2 Å². The molecule has 1 atom stereocenters. The number of halogens is 2. The normalized spacial score (nSPS) is 12.8. The third-order valence-corrected chi connectivity index (χ3v) is 3.30. The van der Waals surface area contributed by atoms with E-state index in [1.165, 1.54) is 5.56 Å². The maximum atomic E-state index is 6.12. The van der Waals surface area contributed by atoms with E-state index in [-0.39, 0.29) is 0 Å². The molecule has 0 amide bonds. The summed E-state index contributed by atoms with van der Waals surface area (Å²) in [7, 11) is 0. The van der Waals surface area contributed by atoms with Gasteiger partial charge in [0.2, 0.25) is 0 Å². The molecule has 1 rings (SSSR count). The van der Waals surface area contributed by atoms with Crippen molar-refractivity contribution in [3.8, 4) is 0 Å². The molecule has 0 radical (unpaired) electrons. The molecular formula is C12H17BrClN. The largest absolute Gasteiger partial charge is 0.328 e. The summed E-state index contributed by atoms with van der Waals surface area (Å²) < 4.78 is 1.02. The van der Waals surface area contributed by atoms with E-state index in [1.54, 1.807) is 0 Å². The van der Waals surface area contributed by atoms with Crippen molar-refractivity contribution in [2.75, 3.05) is 0 Å². The van der Waals surface area contributed by atoms with E-state index in [9.17, 15) is 0 Å². The third kappa shape index (κ3) is 4.54. The van der Waals surface area contributed by atoms with Gasteiger partial charge in [0.05, 0.1) is 0 Å². The van der Waals surface area contributed by atoms with Crippen molar-refractivity contribution in [1.29, 1.82) is 0 Å². The number of hydrogen-bond donors (Lipinski definition) is 1. The fourth-order valence-corrected chi connectivity index (χ4v) is 2.35. The van der Waals surface area contributed by atoms with Gasteiger partial charge >= 0.3 is 0 Å². The van der Waals surface area contributed by atoms with Crippen molar-refractivity contribution >= 4 is 27.5 Å². The Labute approximate surface area is 105 Å². The van der Waals surface area contributed by atoms with Gasteiger partial charge in [0.25, 0.3) is 0 Å². The van der Waals surface area contributed by atoms with Crippen molar-refractivity contribution in [2.24, 2.45) is 5.73 Å². The highest BCUT2D eigenvalue weighted by molar-refractivity contribution is 9.10. The second-order valence-corrected chi connectivity index (χ2v) is 5.15. The Morgan fingerprint density at radius 3 is 2.73 bits per heavy atom. The fourth-order valence-electron chi connectivity index (χ4n) is 1.58. The summed E-state index contributed by atoms with van der Waals surface area (Å²) in [4.78, 5) is 0. The van der Waals surface area contributed by atoms with Gasteiger partial charge in [0, 0.05) is 15.5 Å². The first-order chi connectivity index (χ1) is 7.13. The molecule has 0 spiro atoms. The predicted octanol–water partition coefficient (Wildman–Crippen LogP) is 4.16. The zero-order valence-corrected chi connectivity index (χ0v) is 11.3. The first-order valence-electron chi connectivity index (χ1n) is 5.33. The van der Waals surface area contributed by atoms with Crippen molar-refractivity contribution in [2.45, 2.75) is 38.6 Å². The predicted molar refractivity (Wildman–Crippen MR) is 70.4 cm³/mol. The molecule has 0 fully saturated rings. The number of hydrogen-bond acceptors (Lipinski definition) is 1. The minimum absolute atomic E-state index is 0.301. The van der Waals surface area contributed by atoms with E-state index < -0.39 is 0 Å². The van der Waals surface area contributed by atoms with Crippen LogP contribution in [0.1, 0.15) is 31.7 Å². The van der Waals surface area contributed by atoms with Gasteiger partial charge in [-0.25, -0.2) is 0 Å². The van der Waals surface area contributed by atoms with Crippen LogP contribution in [0, 0.1) is 0 Å². The SMILES string of the molecule is CCCC(N)CCc1ccc(Br)cc1Cl. The fraction of sp³-hybridized carbons (Fsp3) is 0.500. The van der Waals surface area contributed by atoms with Crippen LogP contribution in [-0.2, 0) is 6.42 Å². The highest BCUT2D eigenvalue weighted by atomic mass is 79.9. The molecule has 1 nitrogen and oxygen atoms in total. The average Bonchev–Trinajstić information content (AvgIpc) is 2.17. The molecule has 0 aliphatic heterocycles. The van der Waals surface area contributed by atoms with Crippen LogP contribution in [0.15, 0.2) is 22.7 Å². The molecule has 3 heteroatoms. The van der Waals surface area contributed by atoms with Gasteiger partial charge in [-0.1, -0.05) is 46.9 Å². The van der Waals surface area contributed by atoms with Crippen LogP contribution in [0.3, 0.4) is 0 Å². The summed E-state index contributed by atoms with van der Waals surface area (Å²) in [5.74, 6) is 0. The monoisotopic (exact) mass is 289 g/mol. The summed E-state index contributed by atoms with van der Waals surface area (Å²) in [5, 5.41) is 0.827. The summed E-state index contributed by atoms with van der Waals surface area (Å²) in [5.41, 5.74) is 7.15. The Kier molecular flexibility index (Phi) is 5.65. The lowest BCUT2D eigenvalue weighted by Gasteiger charge is -2.10. The van der Waals surface area contributed by atoms with Crippen LogP contribution in [0.2, 0.25) is 5.02 Å². The quantitative estimate of drug-likeness (QED) is 0.865. The van der Waals surface area contributed by atoms with Crippen molar-refractivity contribution < 1.29 is 0 Å². The van der Waals surface area contributed by atoms with Gasteiger partial charge in [-0.15, -0.1) is 0 Å². The van der Waals surface area contributed by atoms with Gasteiger partial charge in [0.15, 0.2) is 0 Å². The molecule has 0 saturated heterocycles. The van der Waals surface area contributed by atoms with E-state index in [0.29, 0.717) is 6.04 Å². The van der Waals surface area contributed by atoms with Gasteiger partial charge in [-0.3, -0.25) is 0 Å². The Balaban J connectivity index is 2.50. The number of benzene rings is 1. The maximum absolute atomic E-state index is 6.12. The van der Waals surface area contributed by atoms with Crippen LogP contribution in [0.5, 0.6) is 0 Å². The van der Waals surface area contributed by atoms with E-state index in [1.807, 2.05) is 12.1 Å². The smallest absolute Gasteiger partial charge is 0.0449 e. The molecular weight excluding hydrogens is 273 g/mol. The molecule has 15 heavy (non-hydrogen) atoms. The molecule has 0 aromatic heterocycles. The zero-order valence-electron chi connectivity index (χ0n) is 8.97. The highest BCUT2D eigenvalue weighted by Gasteiger charge is 2.05. The first kappa shape index (κ1) is 13.0. The van der Waals surface area contributed by atoms with E-state index in [2.05, 4.69) is 28.9 Å². The second-order valence-electron chi connectivity index (χ2n) is 3.82. The minimum Gasteiger partial charge on any atom is -0.328 e. The van der Waals surface area contributed by atoms with Crippen LogP contribution in [0.25, 0.3) is 0 Å². The molecule has 0 aliphatic carbocycles. The molecule has 0 heterocycles. The van der Waals surface area contributed by atoms with Crippen LogP contribution >= 0.6 is 27.5 Å². The zero-order chi connectivity index (χ0) is 11.3. The maximum Gasteiger partial charge on any atom is 0.0449 e. The topological polar surface area (TPSA) is 26.0 Å². The number of rotatable bonds is 5. The van der Waals surface area contributed by atoms with Gasteiger partial charge in [0.1, 0.15) is 0 Å². The van der Waals surface area contributed by atoms with E-state index in [4.69, 9.17) is 17.3 Å². The van der Waals surface area contributed by atoms with Gasteiger partial charge in [-0.05, 0) is 37.0 Å². The van der Waals surface area contributed by atoms with Crippen LogP contribution in [0.4, 0.5) is 0 Å². The van der Waals surface area contributed by atoms with Gasteiger partial charge in [-0.2, -0.15) is 0 Å². The molecule has 0 bridgehead atoms. The lowest BCUT2D eigenvalue weighted by molar-refractivity contribution is 0.561. The summed E-state index contributed by atoms with van der Waals surface area (Å²) in [6.07, 6.45) is 4.21. The van der Waals surface area contributed by atoms with E-state index >= 15 is 0 Å². The summed E-state index contributed by atoms with van der Waals surface area (Å²) in [6.45, 7) is 2.16. The molecule has 1 aromatic rings. The van der Waals surface area contributed by atoms with Crippen molar-refractivity contribution in [3.63, 3.8) is 0 Å². The van der Waals surface area contributed by atoms with Crippen LogP contribution < -0.4 is 5.73 Å². The number of nitrogens with two attached hydrogens (primary N) is 1. The molecule has 0 saturated carbocycles. The third-order valence-electron chi connectivity index (χ3n) is 2.46. The van der Waals surface area contributed by atoms with Crippen molar-refractivity contribution in [3.05, 3.63) is 33.3 Å². The summed E-state index contributed by atoms with van der Waals surface area (Å²) in [6, 6.07) is 6.31. The average molecular weight is 291 g/mol. The Bertz CT molecular complexity index is 314. The molecule has 84 valence electrons. The Morgan fingerprint density at radius 1 is 1.40 bits per heavy atom. The highest BCUT2D eigenvalue weighted by Crippen LogP contribution is 2.22. The minimum atomic E-state index is 0.301. The first-order valence-corrected chi connectivity index (χ1v) is 6.50. The lowest BCUT2D eigenvalue weighted by atomic mass is 10.0. The molecule has 1 aromatic carbocycles. The Morgan fingerprint density at radius 2 is 2.13 bits per heavy atom. The molecule has 0 aliphatic rings. The van der Waals surface area contributed by atoms with Crippen LogP contribution in [-0.4, -0.2) is 6.04 Å². The number of aryl methyl sites for hydroxylation is 1. The van der Waals surface area contributed by atoms with Crippen molar-refractivity contribution in [1.82, 2.24) is 0 Å². The Hall–Kier alpha value is -0.0500.